The standard InChI is InChI=1S/C14H21N3O6SSi/c1-25(2,3)5-4-23-14(22)16-13(21)15-7-8-11(12(19)20)17-9(18)6-10(17)24-8/h10H,4-7H2,1-3H3,(H,19,20)(H2,15,16,21,22)/t10-/m0/s1. The number of carboxylic acids is 1. The van der Waals surface area contributed by atoms with Gasteiger partial charge in [0.15, 0.2) is 0 Å². The summed E-state index contributed by atoms with van der Waals surface area (Å²) in [6, 6.07) is 0.00937. The maximum Gasteiger partial charge on any atom is 0.415 e. The molecule has 2 aliphatic rings. The van der Waals surface area contributed by atoms with Crippen molar-refractivity contribution in [2.45, 2.75) is 37.5 Å². The minimum absolute atomic E-state index is 0.0827. The van der Waals surface area contributed by atoms with Gasteiger partial charge in [0.05, 0.1) is 24.9 Å². The van der Waals surface area contributed by atoms with Gasteiger partial charge in [-0.3, -0.25) is 9.69 Å². The summed E-state index contributed by atoms with van der Waals surface area (Å²) in [5.74, 6) is -1.47. The van der Waals surface area contributed by atoms with Crippen molar-refractivity contribution in [3.05, 3.63) is 10.6 Å². The molecular weight excluding hydrogens is 366 g/mol. The number of carbonyl (C=O) groups excluding carboxylic acids is 3. The number of carbonyl (C=O) groups is 4. The van der Waals surface area contributed by atoms with E-state index in [2.05, 4.69) is 25.0 Å². The third-order valence-corrected chi connectivity index (χ3v) is 6.58. The summed E-state index contributed by atoms with van der Waals surface area (Å²) in [6.45, 7) is 6.59. The van der Waals surface area contributed by atoms with Crippen molar-refractivity contribution in [2.24, 2.45) is 0 Å². The van der Waals surface area contributed by atoms with Gasteiger partial charge in [-0.1, -0.05) is 19.6 Å². The molecule has 25 heavy (non-hydrogen) atoms. The number of thioether (sulfide) groups is 1. The summed E-state index contributed by atoms with van der Waals surface area (Å²) in [7, 11) is -1.33. The number of urea groups is 1. The van der Waals surface area contributed by atoms with Gasteiger partial charge in [-0.05, 0) is 6.04 Å². The fraction of sp³-hybridized carbons (Fsp3) is 0.571. The van der Waals surface area contributed by atoms with Crippen molar-refractivity contribution < 1.29 is 29.0 Å². The summed E-state index contributed by atoms with van der Waals surface area (Å²) in [6.07, 6.45) is -0.568. The van der Waals surface area contributed by atoms with Crippen LogP contribution in [0.3, 0.4) is 0 Å². The van der Waals surface area contributed by atoms with Gasteiger partial charge in [-0.2, -0.15) is 0 Å². The molecule has 3 N–H and O–H groups in total. The molecule has 0 saturated carbocycles. The van der Waals surface area contributed by atoms with E-state index in [-0.39, 0.29) is 36.6 Å². The second-order valence-electron chi connectivity index (χ2n) is 6.87. The molecule has 1 fully saturated rings. The lowest BCUT2D eigenvalue weighted by molar-refractivity contribution is -0.145. The normalized spacial score (nSPS) is 19.2. The Bertz CT molecular complexity index is 645. The molecule has 0 unspecified atom stereocenters. The van der Waals surface area contributed by atoms with E-state index in [1.165, 1.54) is 16.7 Å². The zero-order valence-electron chi connectivity index (χ0n) is 14.2. The van der Waals surface area contributed by atoms with Gasteiger partial charge in [0, 0.05) is 13.0 Å². The second kappa shape index (κ2) is 7.48. The van der Waals surface area contributed by atoms with Gasteiger partial charge in [0.2, 0.25) is 5.91 Å². The number of carboxylic acid groups (broad SMARTS) is 1. The lowest BCUT2D eigenvalue weighted by atomic mass is 10.1. The summed E-state index contributed by atoms with van der Waals surface area (Å²) < 4.78 is 4.94. The van der Waals surface area contributed by atoms with Crippen LogP contribution in [-0.2, 0) is 14.3 Å². The number of nitrogens with zero attached hydrogens (tertiary/aromatic N) is 1. The quantitative estimate of drug-likeness (QED) is 0.464. The zero-order valence-corrected chi connectivity index (χ0v) is 16.1. The van der Waals surface area contributed by atoms with E-state index in [9.17, 15) is 24.3 Å². The van der Waals surface area contributed by atoms with E-state index in [1.807, 2.05) is 5.32 Å². The highest BCUT2D eigenvalue weighted by molar-refractivity contribution is 8.04. The van der Waals surface area contributed by atoms with E-state index >= 15 is 0 Å². The molecule has 138 valence electrons. The number of imide groups is 1. The monoisotopic (exact) mass is 387 g/mol. The van der Waals surface area contributed by atoms with Crippen LogP contribution in [0.15, 0.2) is 10.6 Å². The molecule has 1 atom stereocenters. The topological polar surface area (TPSA) is 125 Å². The molecule has 0 radical (unpaired) electrons. The highest BCUT2D eigenvalue weighted by atomic mass is 32.2. The number of fused-ring (bicyclic) bond motifs is 1. The van der Waals surface area contributed by atoms with Crippen molar-refractivity contribution in [1.82, 2.24) is 15.5 Å². The predicted molar refractivity (Wildman–Crippen MR) is 93.5 cm³/mol. The first-order chi connectivity index (χ1) is 11.6. The van der Waals surface area contributed by atoms with Crippen LogP contribution in [0.4, 0.5) is 9.59 Å². The fourth-order valence-corrected chi connectivity index (χ4v) is 4.29. The molecule has 0 aliphatic carbocycles. The maximum absolute atomic E-state index is 11.7. The van der Waals surface area contributed by atoms with Crippen molar-refractivity contribution in [3.63, 3.8) is 0 Å². The Balaban J connectivity index is 1.79. The van der Waals surface area contributed by atoms with Crippen LogP contribution in [0.2, 0.25) is 25.7 Å². The molecule has 2 heterocycles. The summed E-state index contributed by atoms with van der Waals surface area (Å²) in [4.78, 5) is 47.6. The number of hydrogen-bond donors (Lipinski definition) is 3. The van der Waals surface area contributed by atoms with Crippen LogP contribution < -0.4 is 10.6 Å². The Morgan fingerprint density at radius 2 is 2.04 bits per heavy atom. The van der Waals surface area contributed by atoms with E-state index < -0.39 is 26.2 Å². The summed E-state index contributed by atoms with van der Waals surface area (Å²) >= 11 is 1.23. The molecule has 11 heteroatoms. The Morgan fingerprint density at radius 1 is 1.36 bits per heavy atom. The number of hydrogen-bond acceptors (Lipinski definition) is 6. The van der Waals surface area contributed by atoms with Crippen LogP contribution in [0.25, 0.3) is 0 Å². The van der Waals surface area contributed by atoms with E-state index in [1.54, 1.807) is 0 Å². The van der Waals surface area contributed by atoms with Crippen LogP contribution >= 0.6 is 11.8 Å². The van der Waals surface area contributed by atoms with Crippen LogP contribution in [0, 0.1) is 0 Å². The van der Waals surface area contributed by atoms with Gasteiger partial charge >= 0.3 is 18.1 Å². The minimum Gasteiger partial charge on any atom is -0.477 e. The van der Waals surface area contributed by atoms with E-state index in [0.29, 0.717) is 4.91 Å². The molecular formula is C14H21N3O6SSi. The molecule has 4 amide bonds. The first-order valence-corrected chi connectivity index (χ1v) is 12.3. The number of rotatable bonds is 6. The highest BCUT2D eigenvalue weighted by Gasteiger charge is 2.48. The number of amides is 4. The Morgan fingerprint density at radius 3 is 2.60 bits per heavy atom. The van der Waals surface area contributed by atoms with E-state index in [4.69, 9.17) is 4.74 Å². The summed E-state index contributed by atoms with van der Waals surface area (Å²) in [5, 5.41) is 13.4. The van der Waals surface area contributed by atoms with Crippen LogP contribution in [-0.4, -0.2) is 60.6 Å². The highest BCUT2D eigenvalue weighted by Crippen LogP contribution is 2.45. The predicted octanol–water partition coefficient (Wildman–Crippen LogP) is 1.36. The van der Waals surface area contributed by atoms with Gasteiger partial charge in [-0.15, -0.1) is 11.8 Å². The van der Waals surface area contributed by atoms with Crippen molar-refractivity contribution >= 4 is 43.8 Å². The lowest BCUT2D eigenvalue weighted by Crippen LogP contribution is -2.48. The average molecular weight is 387 g/mol. The van der Waals surface area contributed by atoms with Crippen molar-refractivity contribution in [3.8, 4) is 0 Å². The molecule has 0 spiro atoms. The minimum atomic E-state index is -1.33. The molecule has 0 aromatic carbocycles. The third-order valence-electron chi connectivity index (χ3n) is 3.60. The first-order valence-electron chi connectivity index (χ1n) is 7.75. The smallest absolute Gasteiger partial charge is 0.415 e. The summed E-state index contributed by atoms with van der Waals surface area (Å²) in [5.41, 5.74) is -0.107. The first kappa shape index (κ1) is 19.3. The van der Waals surface area contributed by atoms with Gasteiger partial charge in [0.25, 0.3) is 0 Å². The molecule has 0 bridgehead atoms. The number of nitrogens with one attached hydrogen (secondary N) is 2. The number of β-lactam (4-membered cyclic amide) rings is 1. The van der Waals surface area contributed by atoms with Gasteiger partial charge in [0.1, 0.15) is 5.70 Å². The lowest BCUT2D eigenvalue weighted by Gasteiger charge is -2.33. The Hall–Kier alpha value is -2.01. The zero-order chi connectivity index (χ0) is 18.8. The Labute approximate surface area is 150 Å². The largest absolute Gasteiger partial charge is 0.477 e. The third kappa shape index (κ3) is 4.98. The van der Waals surface area contributed by atoms with Crippen LogP contribution in [0.1, 0.15) is 6.42 Å². The molecule has 0 aromatic heterocycles. The van der Waals surface area contributed by atoms with E-state index in [0.717, 1.165) is 6.04 Å². The number of aliphatic carboxylic acids is 1. The fourth-order valence-electron chi connectivity index (χ4n) is 2.24. The average Bonchev–Trinajstić information content (AvgIpc) is 2.76. The number of alkyl carbamates (subject to hydrolysis) is 1. The van der Waals surface area contributed by atoms with Crippen LogP contribution in [0.5, 0.6) is 0 Å². The van der Waals surface area contributed by atoms with Gasteiger partial charge in [-0.25, -0.2) is 19.7 Å². The molecule has 0 aromatic rings. The molecule has 1 saturated heterocycles. The molecule has 2 aliphatic heterocycles. The molecule has 2 rings (SSSR count). The number of ether oxygens (including phenoxy) is 1. The molecule has 9 nitrogen and oxygen atoms in total. The second-order valence-corrected chi connectivity index (χ2v) is 13.8. The maximum atomic E-state index is 11.7. The Kier molecular flexibility index (Phi) is 5.78. The van der Waals surface area contributed by atoms with Crippen molar-refractivity contribution in [1.29, 1.82) is 0 Å². The van der Waals surface area contributed by atoms with Crippen molar-refractivity contribution in [2.75, 3.05) is 13.2 Å². The SMILES string of the molecule is C[Si](C)(C)CCOC(=O)NC(=O)NCC1=C(C(=O)O)N2C(=O)C[C@@H]2S1. The van der Waals surface area contributed by atoms with Gasteiger partial charge < -0.3 is 15.2 Å².